The Bertz CT molecular complexity index is 1170. The molecule has 3 rings (SSSR count). The van der Waals surface area contributed by atoms with Crippen LogP contribution in [0.2, 0.25) is 10.0 Å². The summed E-state index contributed by atoms with van der Waals surface area (Å²) in [6.07, 6.45) is 3.02. The molecule has 0 unspecified atom stereocenters. The van der Waals surface area contributed by atoms with Crippen LogP contribution in [0.25, 0.3) is 16.6 Å². The molecule has 0 spiro atoms. The smallest absolute Gasteiger partial charge is 0.238 e. The average molecular weight is 483 g/mol. The van der Waals surface area contributed by atoms with Crippen LogP contribution in [-0.4, -0.2) is 30.3 Å². The van der Waals surface area contributed by atoms with E-state index in [0.717, 1.165) is 16.9 Å². The minimum atomic E-state index is -3.68. The first-order chi connectivity index (χ1) is 14.2. The third-order valence-corrected chi connectivity index (χ3v) is 6.53. The summed E-state index contributed by atoms with van der Waals surface area (Å²) in [6, 6.07) is 12.0. The highest BCUT2D eigenvalue weighted by Gasteiger charge is 2.14. The van der Waals surface area contributed by atoms with Crippen molar-refractivity contribution in [2.45, 2.75) is 6.92 Å². The second kappa shape index (κ2) is 9.57. The molecule has 0 aliphatic rings. The molecule has 7 nitrogen and oxygen atoms in total. The third kappa shape index (κ3) is 6.02. The molecule has 0 aliphatic heterocycles. The third-order valence-electron chi connectivity index (χ3n) is 3.72. The number of nitrogens with zero attached hydrogens (tertiary/aromatic N) is 2. The van der Waals surface area contributed by atoms with Gasteiger partial charge in [-0.15, -0.1) is 10.2 Å². The van der Waals surface area contributed by atoms with Gasteiger partial charge in [0.15, 0.2) is 0 Å². The molecule has 0 atom stereocenters. The van der Waals surface area contributed by atoms with Crippen LogP contribution in [0.4, 0.5) is 10.8 Å². The van der Waals surface area contributed by atoms with Crippen LogP contribution in [0, 0.1) is 0 Å². The number of sulfonamides is 1. The lowest BCUT2D eigenvalue weighted by Crippen LogP contribution is -2.15. The molecule has 0 aliphatic carbocycles. The number of benzene rings is 2. The number of amides is 1. The van der Waals surface area contributed by atoms with Gasteiger partial charge in [-0.3, -0.25) is 9.52 Å². The molecule has 2 aromatic carbocycles. The number of carbonyl (C=O) groups is 1. The zero-order valence-electron chi connectivity index (χ0n) is 15.6. The van der Waals surface area contributed by atoms with E-state index >= 15 is 0 Å². The number of hydrogen-bond acceptors (Lipinski definition) is 6. The molecule has 3 aromatic rings. The highest BCUT2D eigenvalue weighted by atomic mass is 35.5. The standard InChI is InChI=1S/C19H16Cl2N4O3S2/c1-12(26)22-14-9-7-13(8-10-14)18-23-24-19(29-18)25-30(27,28)11-3-4-15-16(20)5-2-6-17(15)21/h2-10H,11H2,1H3,(H,22,26)(H,24,25). The Morgan fingerprint density at radius 3 is 2.40 bits per heavy atom. The SMILES string of the molecule is CC(=O)Nc1ccc(-c2nnc(NS(=O)(=O)CC=Cc3c(Cl)cccc3Cl)s2)cc1. The first-order valence-electron chi connectivity index (χ1n) is 8.56. The van der Waals surface area contributed by atoms with Crippen molar-refractivity contribution in [3.63, 3.8) is 0 Å². The Labute approximate surface area is 187 Å². The quantitative estimate of drug-likeness (QED) is 0.497. The van der Waals surface area contributed by atoms with E-state index in [1.807, 2.05) is 0 Å². The Kier molecular flexibility index (Phi) is 7.09. The molecule has 0 fully saturated rings. The first-order valence-corrected chi connectivity index (χ1v) is 11.8. The molecule has 0 saturated heterocycles. The monoisotopic (exact) mass is 482 g/mol. The van der Waals surface area contributed by atoms with E-state index in [1.165, 1.54) is 13.0 Å². The Morgan fingerprint density at radius 2 is 1.77 bits per heavy atom. The summed E-state index contributed by atoms with van der Waals surface area (Å²) < 4.78 is 27.1. The largest absolute Gasteiger partial charge is 0.326 e. The zero-order chi connectivity index (χ0) is 21.7. The summed E-state index contributed by atoms with van der Waals surface area (Å²) >= 11 is 13.2. The van der Waals surface area contributed by atoms with Crippen molar-refractivity contribution in [3.8, 4) is 10.6 Å². The van der Waals surface area contributed by atoms with Crippen molar-refractivity contribution in [2.75, 3.05) is 15.8 Å². The van der Waals surface area contributed by atoms with Gasteiger partial charge in [-0.05, 0) is 36.4 Å². The molecule has 0 saturated carbocycles. The number of aromatic nitrogens is 2. The van der Waals surface area contributed by atoms with E-state index in [2.05, 4.69) is 20.2 Å². The van der Waals surface area contributed by atoms with Crippen LogP contribution >= 0.6 is 34.5 Å². The molecule has 1 aromatic heterocycles. The zero-order valence-corrected chi connectivity index (χ0v) is 18.7. The molecule has 0 radical (unpaired) electrons. The fraction of sp³-hybridized carbons (Fsp3) is 0.105. The van der Waals surface area contributed by atoms with Gasteiger partial charge in [0.25, 0.3) is 0 Å². The number of nitrogens with one attached hydrogen (secondary N) is 2. The first kappa shape index (κ1) is 22.2. The number of halogens is 2. The molecule has 2 N–H and O–H groups in total. The maximum absolute atomic E-state index is 12.3. The van der Waals surface area contributed by atoms with Gasteiger partial charge in [-0.2, -0.15) is 0 Å². The van der Waals surface area contributed by atoms with E-state index in [9.17, 15) is 13.2 Å². The number of anilines is 2. The van der Waals surface area contributed by atoms with Gasteiger partial charge >= 0.3 is 0 Å². The lowest BCUT2D eigenvalue weighted by Gasteiger charge is -2.03. The molecule has 156 valence electrons. The van der Waals surface area contributed by atoms with E-state index in [4.69, 9.17) is 23.2 Å². The van der Waals surface area contributed by atoms with Crippen LogP contribution in [0.5, 0.6) is 0 Å². The Morgan fingerprint density at radius 1 is 1.10 bits per heavy atom. The van der Waals surface area contributed by atoms with Crippen molar-refractivity contribution in [2.24, 2.45) is 0 Å². The van der Waals surface area contributed by atoms with Crippen LogP contribution < -0.4 is 10.0 Å². The van der Waals surface area contributed by atoms with E-state index in [0.29, 0.717) is 26.3 Å². The summed E-state index contributed by atoms with van der Waals surface area (Å²) in [5, 5.41) is 12.1. The minimum Gasteiger partial charge on any atom is -0.326 e. The maximum Gasteiger partial charge on any atom is 0.238 e. The molecular weight excluding hydrogens is 467 g/mol. The van der Waals surface area contributed by atoms with E-state index < -0.39 is 10.0 Å². The maximum atomic E-state index is 12.3. The second-order valence-corrected chi connectivity index (χ2v) is 9.65. The predicted molar refractivity (Wildman–Crippen MR) is 123 cm³/mol. The molecule has 0 bridgehead atoms. The topological polar surface area (TPSA) is 101 Å². The minimum absolute atomic E-state index is 0.153. The van der Waals surface area contributed by atoms with Gasteiger partial charge in [-0.1, -0.05) is 52.8 Å². The van der Waals surface area contributed by atoms with Crippen LogP contribution in [0.1, 0.15) is 12.5 Å². The van der Waals surface area contributed by atoms with Crippen molar-refractivity contribution in [1.82, 2.24) is 10.2 Å². The molecule has 11 heteroatoms. The molecular formula is C19H16Cl2N4O3S2. The molecule has 1 amide bonds. The highest BCUT2D eigenvalue weighted by molar-refractivity contribution is 7.93. The van der Waals surface area contributed by atoms with E-state index in [-0.39, 0.29) is 16.8 Å². The van der Waals surface area contributed by atoms with Crippen molar-refractivity contribution in [1.29, 1.82) is 0 Å². The van der Waals surface area contributed by atoms with Crippen molar-refractivity contribution < 1.29 is 13.2 Å². The Hall–Kier alpha value is -2.46. The normalized spacial score (nSPS) is 11.6. The molecule has 30 heavy (non-hydrogen) atoms. The van der Waals surface area contributed by atoms with Gasteiger partial charge in [-0.25, -0.2) is 8.42 Å². The highest BCUT2D eigenvalue weighted by Crippen LogP contribution is 2.28. The predicted octanol–water partition coefficient (Wildman–Crippen LogP) is 4.93. The number of hydrogen-bond donors (Lipinski definition) is 2. The fourth-order valence-electron chi connectivity index (χ4n) is 2.42. The fourth-order valence-corrected chi connectivity index (χ4v) is 4.83. The van der Waals surface area contributed by atoms with Gasteiger partial charge in [0.2, 0.25) is 21.1 Å². The van der Waals surface area contributed by atoms with Gasteiger partial charge in [0, 0.05) is 33.8 Å². The summed E-state index contributed by atoms with van der Waals surface area (Å²) in [5.74, 6) is -0.448. The van der Waals surface area contributed by atoms with Gasteiger partial charge in [0.1, 0.15) is 5.01 Å². The molecule has 1 heterocycles. The van der Waals surface area contributed by atoms with Crippen molar-refractivity contribution >= 4 is 67.4 Å². The van der Waals surface area contributed by atoms with Gasteiger partial charge in [0.05, 0.1) is 5.75 Å². The van der Waals surface area contributed by atoms with Crippen LogP contribution in [-0.2, 0) is 14.8 Å². The average Bonchev–Trinajstić information content (AvgIpc) is 3.12. The summed E-state index contributed by atoms with van der Waals surface area (Å²) in [7, 11) is -3.68. The van der Waals surface area contributed by atoms with E-state index in [1.54, 1.807) is 48.5 Å². The summed E-state index contributed by atoms with van der Waals surface area (Å²) in [4.78, 5) is 11.1. The van der Waals surface area contributed by atoms with Crippen molar-refractivity contribution in [3.05, 3.63) is 64.1 Å². The van der Waals surface area contributed by atoms with Crippen LogP contribution in [0.3, 0.4) is 0 Å². The van der Waals surface area contributed by atoms with Crippen LogP contribution in [0.15, 0.2) is 48.5 Å². The lowest BCUT2D eigenvalue weighted by molar-refractivity contribution is -0.114. The lowest BCUT2D eigenvalue weighted by atomic mass is 10.2. The van der Waals surface area contributed by atoms with Gasteiger partial charge < -0.3 is 5.32 Å². The number of carbonyl (C=O) groups excluding carboxylic acids is 1. The number of rotatable bonds is 7. The Balaban J connectivity index is 1.66. The summed E-state index contributed by atoms with van der Waals surface area (Å²) in [5.41, 5.74) is 1.96. The second-order valence-electron chi connectivity index (χ2n) is 6.09. The summed E-state index contributed by atoms with van der Waals surface area (Å²) in [6.45, 7) is 1.43.